The number of aryl methyl sites for hydroxylation is 1. The topological polar surface area (TPSA) is 33.2 Å². The van der Waals surface area contributed by atoms with E-state index >= 15 is 0 Å². The number of piperidine rings is 1. The molecule has 0 N–H and O–H groups in total. The average Bonchev–Trinajstić information content (AvgIpc) is 2.95. The van der Waals surface area contributed by atoms with E-state index < -0.39 is 0 Å². The highest BCUT2D eigenvalue weighted by Crippen LogP contribution is 2.30. The molecule has 4 heteroatoms. The zero-order chi connectivity index (χ0) is 14.7. The lowest BCUT2D eigenvalue weighted by molar-refractivity contribution is -0.131. The van der Waals surface area contributed by atoms with Gasteiger partial charge < -0.3 is 4.90 Å². The zero-order valence-electron chi connectivity index (χ0n) is 12.3. The fourth-order valence-electron chi connectivity index (χ4n) is 2.82. The third-order valence-electron chi connectivity index (χ3n) is 4.03. The summed E-state index contributed by atoms with van der Waals surface area (Å²) < 4.78 is 0. The van der Waals surface area contributed by atoms with E-state index in [0.717, 1.165) is 37.2 Å². The highest BCUT2D eigenvalue weighted by atomic mass is 32.1. The first-order chi connectivity index (χ1) is 10.2. The van der Waals surface area contributed by atoms with Crippen LogP contribution in [0.15, 0.2) is 35.7 Å². The third-order valence-corrected chi connectivity index (χ3v) is 5.16. The molecule has 3 rings (SSSR count). The first kappa shape index (κ1) is 14.3. The summed E-state index contributed by atoms with van der Waals surface area (Å²) in [6, 6.07) is 9.99. The first-order valence-corrected chi connectivity index (χ1v) is 8.34. The van der Waals surface area contributed by atoms with Crippen LogP contribution in [-0.2, 0) is 11.2 Å². The van der Waals surface area contributed by atoms with Gasteiger partial charge in [0.05, 0.1) is 11.4 Å². The van der Waals surface area contributed by atoms with Gasteiger partial charge in [0.1, 0.15) is 0 Å². The number of carbonyl (C=O) groups is 1. The van der Waals surface area contributed by atoms with Crippen molar-refractivity contribution in [3.63, 3.8) is 0 Å². The van der Waals surface area contributed by atoms with Crippen molar-refractivity contribution in [2.45, 2.75) is 32.1 Å². The molecular weight excluding hydrogens is 280 g/mol. The minimum atomic E-state index is 0.245. The Morgan fingerprint density at radius 2 is 2.00 bits per heavy atom. The Morgan fingerprint density at radius 1 is 1.29 bits per heavy atom. The maximum atomic E-state index is 12.3. The molecule has 0 aliphatic carbocycles. The van der Waals surface area contributed by atoms with Gasteiger partial charge >= 0.3 is 0 Å². The molecule has 1 aliphatic rings. The van der Waals surface area contributed by atoms with Gasteiger partial charge in [-0.3, -0.25) is 4.79 Å². The SMILES string of the molecule is Cc1csc(C2CCN(C(=O)Cc3ccccc3)CC2)n1. The molecule has 1 fully saturated rings. The molecule has 1 amide bonds. The Kier molecular flexibility index (Phi) is 4.34. The molecule has 1 aromatic carbocycles. The molecule has 0 bridgehead atoms. The maximum absolute atomic E-state index is 12.3. The molecule has 2 aromatic rings. The van der Waals surface area contributed by atoms with E-state index in [1.807, 2.05) is 42.2 Å². The number of carbonyl (C=O) groups excluding carboxylic acids is 1. The van der Waals surface area contributed by atoms with Crippen LogP contribution in [0.1, 0.15) is 35.0 Å². The van der Waals surface area contributed by atoms with Crippen molar-refractivity contribution >= 4 is 17.2 Å². The highest BCUT2D eigenvalue weighted by Gasteiger charge is 2.25. The average molecular weight is 300 g/mol. The number of hydrogen-bond acceptors (Lipinski definition) is 3. The number of amides is 1. The number of thiazole rings is 1. The fraction of sp³-hybridized carbons (Fsp3) is 0.412. The van der Waals surface area contributed by atoms with Crippen molar-refractivity contribution in [3.05, 3.63) is 52.0 Å². The number of hydrogen-bond donors (Lipinski definition) is 0. The van der Waals surface area contributed by atoms with Crippen molar-refractivity contribution in [1.29, 1.82) is 0 Å². The van der Waals surface area contributed by atoms with Gasteiger partial charge in [-0.25, -0.2) is 4.98 Å². The molecule has 0 spiro atoms. The van der Waals surface area contributed by atoms with E-state index in [1.165, 1.54) is 5.01 Å². The van der Waals surface area contributed by atoms with E-state index in [1.54, 1.807) is 11.3 Å². The van der Waals surface area contributed by atoms with Crippen LogP contribution >= 0.6 is 11.3 Å². The second-order valence-electron chi connectivity index (χ2n) is 5.64. The maximum Gasteiger partial charge on any atom is 0.226 e. The molecule has 0 saturated carbocycles. The Morgan fingerprint density at radius 3 is 2.62 bits per heavy atom. The van der Waals surface area contributed by atoms with Crippen LogP contribution < -0.4 is 0 Å². The van der Waals surface area contributed by atoms with Crippen LogP contribution in [0.5, 0.6) is 0 Å². The Bertz CT molecular complexity index is 600. The summed E-state index contributed by atoms with van der Waals surface area (Å²) in [5.74, 6) is 0.777. The molecule has 110 valence electrons. The summed E-state index contributed by atoms with van der Waals surface area (Å²) in [5.41, 5.74) is 2.21. The van der Waals surface area contributed by atoms with Crippen molar-refractivity contribution in [2.24, 2.45) is 0 Å². The Labute approximate surface area is 129 Å². The van der Waals surface area contributed by atoms with Gasteiger partial charge in [0.25, 0.3) is 0 Å². The molecule has 0 unspecified atom stereocenters. The van der Waals surface area contributed by atoms with Gasteiger partial charge in [0.2, 0.25) is 5.91 Å². The summed E-state index contributed by atoms with van der Waals surface area (Å²) in [5, 5.41) is 3.35. The molecule has 21 heavy (non-hydrogen) atoms. The normalized spacial score (nSPS) is 16.1. The van der Waals surface area contributed by atoms with Crippen molar-refractivity contribution in [3.8, 4) is 0 Å². The number of nitrogens with zero attached hydrogens (tertiary/aromatic N) is 2. The van der Waals surface area contributed by atoms with Crippen molar-refractivity contribution in [2.75, 3.05) is 13.1 Å². The Balaban J connectivity index is 1.54. The lowest BCUT2D eigenvalue weighted by Gasteiger charge is -2.31. The molecule has 1 aliphatic heterocycles. The molecule has 3 nitrogen and oxygen atoms in total. The lowest BCUT2D eigenvalue weighted by Crippen LogP contribution is -2.38. The van der Waals surface area contributed by atoms with Gasteiger partial charge in [-0.1, -0.05) is 30.3 Å². The summed E-state index contributed by atoms with van der Waals surface area (Å²) in [7, 11) is 0. The first-order valence-electron chi connectivity index (χ1n) is 7.46. The summed E-state index contributed by atoms with van der Waals surface area (Å²) in [6.07, 6.45) is 2.59. The van der Waals surface area contributed by atoms with Crippen LogP contribution in [0.3, 0.4) is 0 Å². The quantitative estimate of drug-likeness (QED) is 0.870. The minimum Gasteiger partial charge on any atom is -0.342 e. The molecule has 1 saturated heterocycles. The minimum absolute atomic E-state index is 0.245. The van der Waals surface area contributed by atoms with Gasteiger partial charge in [0.15, 0.2) is 0 Å². The fourth-order valence-corrected chi connectivity index (χ4v) is 3.79. The summed E-state index contributed by atoms with van der Waals surface area (Å²) >= 11 is 1.75. The van der Waals surface area contributed by atoms with E-state index in [-0.39, 0.29) is 5.91 Å². The van der Waals surface area contributed by atoms with Crippen molar-refractivity contribution in [1.82, 2.24) is 9.88 Å². The van der Waals surface area contributed by atoms with Crippen LogP contribution in [0.25, 0.3) is 0 Å². The number of rotatable bonds is 3. The molecule has 2 heterocycles. The van der Waals surface area contributed by atoms with Gasteiger partial charge in [-0.05, 0) is 25.3 Å². The van der Waals surface area contributed by atoms with Gasteiger partial charge in [-0.2, -0.15) is 0 Å². The Hall–Kier alpha value is -1.68. The summed E-state index contributed by atoms with van der Waals surface area (Å²) in [4.78, 5) is 18.9. The van der Waals surface area contributed by atoms with Crippen LogP contribution in [-0.4, -0.2) is 28.9 Å². The monoisotopic (exact) mass is 300 g/mol. The second kappa shape index (κ2) is 6.39. The van der Waals surface area contributed by atoms with Gasteiger partial charge in [-0.15, -0.1) is 11.3 Å². The molecule has 0 atom stereocenters. The molecular formula is C17H20N2OS. The lowest BCUT2D eigenvalue weighted by atomic mass is 9.97. The van der Waals surface area contributed by atoms with Crippen LogP contribution in [0.2, 0.25) is 0 Å². The number of benzene rings is 1. The molecule has 1 aromatic heterocycles. The number of aromatic nitrogens is 1. The third kappa shape index (κ3) is 3.50. The summed E-state index contributed by atoms with van der Waals surface area (Å²) in [6.45, 7) is 3.75. The number of likely N-dealkylation sites (tertiary alicyclic amines) is 1. The van der Waals surface area contributed by atoms with E-state index in [4.69, 9.17) is 0 Å². The van der Waals surface area contributed by atoms with Crippen LogP contribution in [0.4, 0.5) is 0 Å². The zero-order valence-corrected chi connectivity index (χ0v) is 13.1. The second-order valence-corrected chi connectivity index (χ2v) is 6.53. The van der Waals surface area contributed by atoms with Gasteiger partial charge in [0, 0.05) is 30.1 Å². The van der Waals surface area contributed by atoms with E-state index in [9.17, 15) is 4.79 Å². The smallest absolute Gasteiger partial charge is 0.226 e. The van der Waals surface area contributed by atoms with E-state index in [2.05, 4.69) is 10.4 Å². The standard InChI is InChI=1S/C17H20N2OS/c1-13-12-21-17(18-13)15-7-9-19(10-8-15)16(20)11-14-5-3-2-4-6-14/h2-6,12,15H,7-11H2,1H3. The molecule has 0 radical (unpaired) electrons. The van der Waals surface area contributed by atoms with Crippen LogP contribution in [0, 0.1) is 6.92 Å². The highest BCUT2D eigenvalue weighted by molar-refractivity contribution is 7.09. The largest absolute Gasteiger partial charge is 0.342 e. The van der Waals surface area contributed by atoms with Crippen molar-refractivity contribution < 1.29 is 4.79 Å². The predicted molar refractivity (Wildman–Crippen MR) is 85.6 cm³/mol. The predicted octanol–water partition coefficient (Wildman–Crippen LogP) is 3.40. The van der Waals surface area contributed by atoms with E-state index in [0.29, 0.717) is 12.3 Å².